The van der Waals surface area contributed by atoms with Crippen molar-refractivity contribution in [3.63, 3.8) is 0 Å². The molecule has 1 aliphatic heterocycles. The van der Waals surface area contributed by atoms with Gasteiger partial charge in [-0.3, -0.25) is 5.32 Å². The first-order valence-electron chi connectivity index (χ1n) is 8.22. The summed E-state index contributed by atoms with van der Waals surface area (Å²) in [7, 11) is 0. The lowest BCUT2D eigenvalue weighted by Gasteiger charge is -2.19. The standard InChI is InChI=1S/C20H18N2O3/c23-20(21-19-7-4-12-24-19)25-17-8-9-18-16(13-17)10-11-22(18)14-15-5-2-1-3-6-15/h1-9,12-13H,10-11,14H2,(H,21,23). The molecular weight excluding hydrogens is 316 g/mol. The zero-order valence-corrected chi connectivity index (χ0v) is 13.6. The molecule has 1 amide bonds. The van der Waals surface area contributed by atoms with E-state index in [-0.39, 0.29) is 0 Å². The van der Waals surface area contributed by atoms with Crippen molar-refractivity contribution in [2.24, 2.45) is 0 Å². The fourth-order valence-electron chi connectivity index (χ4n) is 3.06. The third kappa shape index (κ3) is 3.50. The molecule has 2 aromatic carbocycles. The largest absolute Gasteiger partial charge is 0.448 e. The maximum atomic E-state index is 11.9. The molecule has 1 aromatic heterocycles. The Morgan fingerprint density at radius 3 is 2.80 bits per heavy atom. The van der Waals surface area contributed by atoms with E-state index in [1.807, 2.05) is 24.3 Å². The van der Waals surface area contributed by atoms with E-state index in [0.29, 0.717) is 11.6 Å². The fourth-order valence-corrected chi connectivity index (χ4v) is 3.06. The number of nitrogens with one attached hydrogen (secondary N) is 1. The highest BCUT2D eigenvalue weighted by molar-refractivity contribution is 5.84. The number of fused-ring (bicyclic) bond motifs is 1. The summed E-state index contributed by atoms with van der Waals surface area (Å²) >= 11 is 0. The molecule has 0 bridgehead atoms. The molecule has 0 atom stereocenters. The van der Waals surface area contributed by atoms with Crippen LogP contribution in [0.1, 0.15) is 11.1 Å². The lowest BCUT2D eigenvalue weighted by Crippen LogP contribution is -2.19. The summed E-state index contributed by atoms with van der Waals surface area (Å²) in [4.78, 5) is 14.2. The summed E-state index contributed by atoms with van der Waals surface area (Å²) in [6.07, 6.45) is 1.87. The smallest absolute Gasteiger partial charge is 0.419 e. The van der Waals surface area contributed by atoms with Gasteiger partial charge in [-0.1, -0.05) is 30.3 Å². The van der Waals surface area contributed by atoms with Gasteiger partial charge >= 0.3 is 6.09 Å². The second kappa shape index (κ2) is 6.73. The molecule has 0 fully saturated rings. The minimum atomic E-state index is -0.561. The van der Waals surface area contributed by atoms with Gasteiger partial charge in [-0.25, -0.2) is 4.79 Å². The Hall–Kier alpha value is -3.21. The van der Waals surface area contributed by atoms with Crippen LogP contribution in [0.3, 0.4) is 0 Å². The summed E-state index contributed by atoms with van der Waals surface area (Å²) in [5.74, 6) is 0.893. The van der Waals surface area contributed by atoms with Crippen molar-refractivity contribution in [3.05, 3.63) is 78.1 Å². The third-order valence-corrected chi connectivity index (χ3v) is 4.22. The van der Waals surface area contributed by atoms with Crippen LogP contribution in [0.5, 0.6) is 5.75 Å². The number of nitrogens with zero attached hydrogens (tertiary/aromatic N) is 1. The van der Waals surface area contributed by atoms with Crippen LogP contribution < -0.4 is 15.0 Å². The summed E-state index contributed by atoms with van der Waals surface area (Å²) in [6.45, 7) is 1.85. The Bertz CT molecular complexity index is 860. The molecular formula is C20H18N2O3. The minimum absolute atomic E-state index is 0.361. The molecule has 5 nitrogen and oxygen atoms in total. The number of hydrogen-bond acceptors (Lipinski definition) is 4. The molecule has 1 N–H and O–H groups in total. The number of carbonyl (C=O) groups excluding carboxylic acids is 1. The van der Waals surface area contributed by atoms with E-state index in [4.69, 9.17) is 9.15 Å². The second-order valence-corrected chi connectivity index (χ2v) is 5.94. The summed E-state index contributed by atoms with van der Waals surface area (Å²) in [5, 5.41) is 2.54. The molecule has 126 valence electrons. The summed E-state index contributed by atoms with van der Waals surface area (Å²) < 4.78 is 10.4. The Morgan fingerprint density at radius 1 is 1.12 bits per heavy atom. The van der Waals surface area contributed by atoms with Gasteiger partial charge in [0, 0.05) is 24.8 Å². The number of amides is 1. The summed E-state index contributed by atoms with van der Waals surface area (Å²) in [6, 6.07) is 19.5. The van der Waals surface area contributed by atoms with Gasteiger partial charge in [-0.2, -0.15) is 0 Å². The molecule has 0 unspecified atom stereocenters. The quantitative estimate of drug-likeness (QED) is 0.766. The predicted octanol–water partition coefficient (Wildman–Crippen LogP) is 4.45. The topological polar surface area (TPSA) is 54.7 Å². The average molecular weight is 334 g/mol. The first kappa shape index (κ1) is 15.3. The van der Waals surface area contributed by atoms with Crippen molar-refractivity contribution in [3.8, 4) is 5.75 Å². The zero-order chi connectivity index (χ0) is 17.1. The Morgan fingerprint density at radius 2 is 2.00 bits per heavy atom. The maximum absolute atomic E-state index is 11.9. The van der Waals surface area contributed by atoms with E-state index in [2.05, 4.69) is 34.5 Å². The van der Waals surface area contributed by atoms with Crippen LogP contribution in [0.4, 0.5) is 16.4 Å². The molecule has 4 rings (SSSR count). The molecule has 2 heterocycles. The Labute approximate surface area is 145 Å². The van der Waals surface area contributed by atoms with Crippen molar-refractivity contribution < 1.29 is 13.9 Å². The molecule has 0 spiro atoms. The van der Waals surface area contributed by atoms with Crippen LogP contribution in [-0.4, -0.2) is 12.6 Å². The predicted molar refractivity (Wildman–Crippen MR) is 96.0 cm³/mol. The van der Waals surface area contributed by atoms with E-state index in [9.17, 15) is 4.79 Å². The number of rotatable bonds is 4. The van der Waals surface area contributed by atoms with Crippen LogP contribution in [0, 0.1) is 0 Å². The normalized spacial score (nSPS) is 12.7. The van der Waals surface area contributed by atoms with E-state index in [1.54, 1.807) is 12.1 Å². The number of ether oxygens (including phenoxy) is 1. The van der Waals surface area contributed by atoms with Crippen molar-refractivity contribution >= 4 is 17.7 Å². The Kier molecular flexibility index (Phi) is 4.12. The van der Waals surface area contributed by atoms with Crippen molar-refractivity contribution in [1.29, 1.82) is 0 Å². The second-order valence-electron chi connectivity index (χ2n) is 5.94. The maximum Gasteiger partial charge on any atom is 0.419 e. The van der Waals surface area contributed by atoms with E-state index in [1.165, 1.54) is 23.1 Å². The minimum Gasteiger partial charge on any atom is -0.448 e. The van der Waals surface area contributed by atoms with Crippen LogP contribution >= 0.6 is 0 Å². The average Bonchev–Trinajstić information content (AvgIpc) is 3.26. The zero-order valence-electron chi connectivity index (χ0n) is 13.6. The summed E-state index contributed by atoms with van der Waals surface area (Å²) in [5.41, 5.74) is 3.68. The fraction of sp³-hybridized carbons (Fsp3) is 0.150. The molecule has 0 aliphatic carbocycles. The number of hydrogen-bond donors (Lipinski definition) is 1. The van der Waals surface area contributed by atoms with Gasteiger partial charge in [-0.15, -0.1) is 0 Å². The van der Waals surface area contributed by atoms with Crippen molar-refractivity contribution in [2.45, 2.75) is 13.0 Å². The molecule has 5 heteroatoms. The van der Waals surface area contributed by atoms with Gasteiger partial charge in [0.25, 0.3) is 0 Å². The van der Waals surface area contributed by atoms with Gasteiger partial charge in [0.15, 0.2) is 0 Å². The van der Waals surface area contributed by atoms with Crippen LogP contribution in [0.2, 0.25) is 0 Å². The highest BCUT2D eigenvalue weighted by Crippen LogP contribution is 2.32. The third-order valence-electron chi connectivity index (χ3n) is 4.22. The van der Waals surface area contributed by atoms with E-state index in [0.717, 1.165) is 19.5 Å². The molecule has 3 aromatic rings. The molecule has 0 saturated carbocycles. The van der Waals surface area contributed by atoms with Crippen LogP contribution in [-0.2, 0) is 13.0 Å². The molecule has 0 saturated heterocycles. The monoisotopic (exact) mass is 334 g/mol. The lowest BCUT2D eigenvalue weighted by molar-refractivity contribution is 0.214. The molecule has 0 radical (unpaired) electrons. The van der Waals surface area contributed by atoms with Gasteiger partial charge < -0.3 is 14.1 Å². The highest BCUT2D eigenvalue weighted by Gasteiger charge is 2.20. The first-order valence-corrected chi connectivity index (χ1v) is 8.22. The Balaban J connectivity index is 1.43. The molecule has 1 aliphatic rings. The number of benzene rings is 2. The van der Waals surface area contributed by atoms with E-state index >= 15 is 0 Å². The van der Waals surface area contributed by atoms with Crippen molar-refractivity contribution in [1.82, 2.24) is 0 Å². The van der Waals surface area contributed by atoms with Crippen LogP contribution in [0.15, 0.2) is 71.3 Å². The number of carbonyl (C=O) groups is 1. The SMILES string of the molecule is O=C(Nc1ccco1)Oc1ccc2c(c1)CCN2Cc1ccccc1. The van der Waals surface area contributed by atoms with Gasteiger partial charge in [0.2, 0.25) is 5.88 Å². The number of anilines is 2. The van der Waals surface area contributed by atoms with Gasteiger partial charge in [0.1, 0.15) is 5.75 Å². The van der Waals surface area contributed by atoms with Gasteiger partial charge in [-0.05, 0) is 41.8 Å². The molecule has 25 heavy (non-hydrogen) atoms. The highest BCUT2D eigenvalue weighted by atomic mass is 16.6. The number of furan rings is 1. The van der Waals surface area contributed by atoms with E-state index < -0.39 is 6.09 Å². The first-order chi connectivity index (χ1) is 12.3. The van der Waals surface area contributed by atoms with Crippen LogP contribution in [0.25, 0.3) is 0 Å². The lowest BCUT2D eigenvalue weighted by atomic mass is 10.1. The van der Waals surface area contributed by atoms with Gasteiger partial charge in [0.05, 0.1) is 6.26 Å². The van der Waals surface area contributed by atoms with Crippen molar-refractivity contribution in [2.75, 3.05) is 16.8 Å².